The van der Waals surface area contributed by atoms with Crippen molar-refractivity contribution in [1.82, 2.24) is 25.4 Å². The van der Waals surface area contributed by atoms with E-state index < -0.39 is 6.03 Å². The van der Waals surface area contributed by atoms with Gasteiger partial charge < -0.3 is 5.32 Å². The van der Waals surface area contributed by atoms with E-state index in [0.29, 0.717) is 11.0 Å². The molecule has 0 aliphatic heterocycles. The summed E-state index contributed by atoms with van der Waals surface area (Å²) in [6.45, 7) is 4.13. The number of nitrogens with one attached hydrogen (secondary N) is 2. The number of aryl methyl sites for hydroxylation is 2. The molecule has 3 aromatic rings. The van der Waals surface area contributed by atoms with Crippen LogP contribution in [-0.4, -0.2) is 38.5 Å². The van der Waals surface area contributed by atoms with Crippen molar-refractivity contribution in [3.63, 3.8) is 0 Å². The second-order valence-electron chi connectivity index (χ2n) is 8.07. The number of thioether (sulfide) groups is 1. The van der Waals surface area contributed by atoms with Gasteiger partial charge in [0.25, 0.3) is 0 Å². The number of aromatic nitrogens is 3. The van der Waals surface area contributed by atoms with Crippen LogP contribution in [0.25, 0.3) is 17.1 Å². The van der Waals surface area contributed by atoms with Gasteiger partial charge in [0.2, 0.25) is 5.91 Å². The third kappa shape index (κ3) is 5.19. The number of rotatable bonds is 6. The summed E-state index contributed by atoms with van der Waals surface area (Å²) >= 11 is 1.26. The number of amides is 3. The van der Waals surface area contributed by atoms with Crippen LogP contribution in [-0.2, 0) is 4.79 Å². The number of carbonyl (C=O) groups excluding carboxylic acids is 2. The number of hydrogen-bond acceptors (Lipinski definition) is 5. The molecule has 4 rings (SSSR count). The average Bonchev–Trinajstić information content (AvgIpc) is 3.44. The molecule has 0 radical (unpaired) electrons. The summed E-state index contributed by atoms with van der Waals surface area (Å²) in [5.41, 5.74) is 4.22. The van der Waals surface area contributed by atoms with Gasteiger partial charge in [-0.3, -0.25) is 14.7 Å². The summed E-state index contributed by atoms with van der Waals surface area (Å²) in [4.78, 5) is 24.5. The lowest BCUT2D eigenvalue weighted by Crippen LogP contribution is -2.44. The van der Waals surface area contributed by atoms with Gasteiger partial charge in [0.15, 0.2) is 11.0 Å². The summed E-state index contributed by atoms with van der Waals surface area (Å²) in [6.07, 6.45) is 4.18. The molecule has 0 bridgehead atoms. The zero-order valence-electron chi connectivity index (χ0n) is 18.3. The fourth-order valence-corrected chi connectivity index (χ4v) is 4.57. The minimum atomic E-state index is -0.428. The first-order valence-corrected chi connectivity index (χ1v) is 11.8. The maximum atomic E-state index is 12.4. The van der Waals surface area contributed by atoms with E-state index in [0.717, 1.165) is 42.5 Å². The first-order valence-electron chi connectivity index (χ1n) is 10.8. The summed E-state index contributed by atoms with van der Waals surface area (Å²) in [5, 5.41) is 14.6. The lowest BCUT2D eigenvalue weighted by atomic mass is 10.1. The van der Waals surface area contributed by atoms with Crippen LogP contribution in [0, 0.1) is 13.8 Å². The molecule has 2 aromatic carbocycles. The number of imide groups is 1. The summed E-state index contributed by atoms with van der Waals surface area (Å²) in [6, 6.07) is 15.7. The molecule has 0 atom stereocenters. The monoisotopic (exact) mass is 449 g/mol. The van der Waals surface area contributed by atoms with E-state index in [1.54, 1.807) is 0 Å². The minimum Gasteiger partial charge on any atom is -0.335 e. The highest BCUT2D eigenvalue weighted by atomic mass is 32.2. The Morgan fingerprint density at radius 2 is 1.78 bits per heavy atom. The van der Waals surface area contributed by atoms with E-state index in [9.17, 15) is 9.59 Å². The molecule has 32 heavy (non-hydrogen) atoms. The van der Waals surface area contributed by atoms with Crippen LogP contribution >= 0.6 is 11.8 Å². The maximum Gasteiger partial charge on any atom is 0.321 e. The second kappa shape index (κ2) is 9.99. The smallest absolute Gasteiger partial charge is 0.321 e. The van der Waals surface area contributed by atoms with Crippen LogP contribution in [0.15, 0.2) is 53.7 Å². The van der Waals surface area contributed by atoms with E-state index in [4.69, 9.17) is 0 Å². The van der Waals surface area contributed by atoms with Crippen molar-refractivity contribution in [2.75, 3.05) is 5.75 Å². The first kappa shape index (κ1) is 22.1. The summed E-state index contributed by atoms with van der Waals surface area (Å²) in [5.74, 6) is 0.410. The Morgan fingerprint density at radius 1 is 1.03 bits per heavy atom. The predicted molar refractivity (Wildman–Crippen MR) is 126 cm³/mol. The van der Waals surface area contributed by atoms with Crippen molar-refractivity contribution in [2.24, 2.45) is 0 Å². The third-order valence-corrected chi connectivity index (χ3v) is 6.62. The van der Waals surface area contributed by atoms with E-state index in [2.05, 4.69) is 46.8 Å². The number of carbonyl (C=O) groups is 2. The Bertz CT molecular complexity index is 1110. The molecular weight excluding hydrogens is 422 g/mol. The predicted octanol–water partition coefficient (Wildman–Crippen LogP) is 4.41. The Kier molecular flexibility index (Phi) is 6.90. The molecule has 0 spiro atoms. The SMILES string of the molecule is Cc1ccc(-n2c(SCC(=O)NC(=O)NC3CCCC3)nnc2-c2ccccc2)cc1C. The molecule has 0 unspecified atom stereocenters. The summed E-state index contributed by atoms with van der Waals surface area (Å²) < 4.78 is 1.96. The van der Waals surface area contributed by atoms with E-state index in [1.165, 1.54) is 17.3 Å². The quantitative estimate of drug-likeness (QED) is 0.544. The lowest BCUT2D eigenvalue weighted by Gasteiger charge is -2.13. The molecular formula is C24H27N5O2S. The Labute approximate surface area is 192 Å². The van der Waals surface area contributed by atoms with Crippen LogP contribution in [0.3, 0.4) is 0 Å². The van der Waals surface area contributed by atoms with Gasteiger partial charge in [-0.15, -0.1) is 10.2 Å². The highest BCUT2D eigenvalue weighted by Gasteiger charge is 2.20. The van der Waals surface area contributed by atoms with Crippen molar-refractivity contribution in [3.8, 4) is 17.1 Å². The maximum absolute atomic E-state index is 12.4. The van der Waals surface area contributed by atoms with E-state index in [1.807, 2.05) is 41.0 Å². The molecule has 1 saturated carbocycles. The van der Waals surface area contributed by atoms with Gasteiger partial charge in [-0.1, -0.05) is 61.0 Å². The standard InChI is InChI=1S/C24H27N5O2S/c1-16-12-13-20(14-17(16)2)29-22(18-8-4-3-5-9-18)27-28-24(29)32-15-21(30)26-23(31)25-19-10-6-7-11-19/h3-5,8-9,12-14,19H,6-7,10-11,15H2,1-2H3,(H2,25,26,30,31). The van der Waals surface area contributed by atoms with Gasteiger partial charge in [0.05, 0.1) is 11.4 Å². The molecule has 1 aromatic heterocycles. The summed E-state index contributed by atoms with van der Waals surface area (Å²) in [7, 11) is 0. The first-order chi connectivity index (χ1) is 15.5. The molecule has 1 aliphatic carbocycles. The number of nitrogens with zero attached hydrogens (tertiary/aromatic N) is 3. The zero-order chi connectivity index (χ0) is 22.5. The third-order valence-electron chi connectivity index (χ3n) is 5.69. The fraction of sp³-hybridized carbons (Fsp3) is 0.333. The highest BCUT2D eigenvalue weighted by molar-refractivity contribution is 7.99. The largest absolute Gasteiger partial charge is 0.335 e. The molecule has 8 heteroatoms. The van der Waals surface area contributed by atoms with Crippen molar-refractivity contribution in [2.45, 2.75) is 50.7 Å². The van der Waals surface area contributed by atoms with Gasteiger partial charge >= 0.3 is 6.03 Å². The van der Waals surface area contributed by atoms with Crippen LogP contribution in [0.2, 0.25) is 0 Å². The van der Waals surface area contributed by atoms with Crippen molar-refractivity contribution >= 4 is 23.7 Å². The Balaban J connectivity index is 1.52. The molecule has 0 saturated heterocycles. The minimum absolute atomic E-state index is 0.0653. The fourth-order valence-electron chi connectivity index (χ4n) is 3.82. The van der Waals surface area contributed by atoms with Crippen molar-refractivity contribution in [3.05, 3.63) is 59.7 Å². The van der Waals surface area contributed by atoms with Gasteiger partial charge in [-0.2, -0.15) is 0 Å². The van der Waals surface area contributed by atoms with Gasteiger partial charge in [-0.25, -0.2) is 4.79 Å². The Hall–Kier alpha value is -3.13. The van der Waals surface area contributed by atoms with Crippen LogP contribution < -0.4 is 10.6 Å². The van der Waals surface area contributed by atoms with E-state index in [-0.39, 0.29) is 17.7 Å². The second-order valence-corrected chi connectivity index (χ2v) is 9.01. The van der Waals surface area contributed by atoms with Gasteiger partial charge in [-0.05, 0) is 49.9 Å². The molecule has 1 fully saturated rings. The van der Waals surface area contributed by atoms with Crippen LogP contribution in [0.1, 0.15) is 36.8 Å². The van der Waals surface area contributed by atoms with Crippen LogP contribution in [0.4, 0.5) is 4.79 Å². The Morgan fingerprint density at radius 3 is 2.50 bits per heavy atom. The number of benzene rings is 2. The molecule has 1 aliphatic rings. The van der Waals surface area contributed by atoms with E-state index >= 15 is 0 Å². The molecule has 166 valence electrons. The molecule has 2 N–H and O–H groups in total. The normalized spacial score (nSPS) is 13.8. The number of urea groups is 1. The van der Waals surface area contributed by atoms with Crippen LogP contribution in [0.5, 0.6) is 0 Å². The number of hydrogen-bond donors (Lipinski definition) is 2. The molecule has 1 heterocycles. The average molecular weight is 450 g/mol. The zero-order valence-corrected chi connectivity index (χ0v) is 19.1. The molecule has 7 nitrogen and oxygen atoms in total. The van der Waals surface area contributed by atoms with Crippen molar-refractivity contribution in [1.29, 1.82) is 0 Å². The molecule has 3 amide bonds. The van der Waals surface area contributed by atoms with Gasteiger partial charge in [0, 0.05) is 11.6 Å². The lowest BCUT2D eigenvalue weighted by molar-refractivity contribution is -0.117. The topological polar surface area (TPSA) is 88.9 Å². The van der Waals surface area contributed by atoms with Gasteiger partial charge in [0.1, 0.15) is 0 Å². The van der Waals surface area contributed by atoms with Crippen molar-refractivity contribution < 1.29 is 9.59 Å². The highest BCUT2D eigenvalue weighted by Crippen LogP contribution is 2.28.